The minimum absolute atomic E-state index is 0.131. The Morgan fingerprint density at radius 2 is 2.00 bits per heavy atom. The number of benzene rings is 1. The Kier molecular flexibility index (Phi) is 3.65. The Hall–Kier alpha value is -1.77. The average molecular weight is 258 g/mol. The Morgan fingerprint density at radius 3 is 2.58 bits per heavy atom. The van der Waals surface area contributed by atoms with Gasteiger partial charge in [0.15, 0.2) is 0 Å². The predicted octanol–water partition coefficient (Wildman–Crippen LogP) is 3.42. The molecule has 1 aromatic rings. The predicted molar refractivity (Wildman–Crippen MR) is 80.8 cm³/mol. The van der Waals surface area contributed by atoms with Crippen LogP contribution in [0.15, 0.2) is 24.3 Å². The Morgan fingerprint density at radius 1 is 1.37 bits per heavy atom. The fraction of sp³-hybridized carbons (Fsp3) is 0.438. The van der Waals surface area contributed by atoms with Crippen LogP contribution in [0.3, 0.4) is 0 Å². The molecule has 19 heavy (non-hydrogen) atoms. The van der Waals surface area contributed by atoms with E-state index in [0.29, 0.717) is 6.54 Å². The van der Waals surface area contributed by atoms with E-state index >= 15 is 0 Å². The van der Waals surface area contributed by atoms with Crippen molar-refractivity contribution in [2.24, 2.45) is 0 Å². The summed E-state index contributed by atoms with van der Waals surface area (Å²) in [5, 5.41) is 3.35. The normalized spacial score (nSPS) is 18.0. The van der Waals surface area contributed by atoms with Gasteiger partial charge in [0.05, 0.1) is 11.4 Å². The third-order valence-corrected chi connectivity index (χ3v) is 3.63. The second-order valence-electron chi connectivity index (χ2n) is 5.44. The molecule has 1 heterocycles. The first-order valence-electron chi connectivity index (χ1n) is 6.77. The van der Waals surface area contributed by atoms with E-state index in [2.05, 4.69) is 37.9 Å². The van der Waals surface area contributed by atoms with Gasteiger partial charge in [0.25, 0.3) is 0 Å². The lowest BCUT2D eigenvalue weighted by Gasteiger charge is -2.35. The summed E-state index contributed by atoms with van der Waals surface area (Å²) in [7, 11) is 0. The zero-order chi connectivity index (χ0) is 14.2. The lowest BCUT2D eigenvalue weighted by atomic mass is 10.0. The summed E-state index contributed by atoms with van der Waals surface area (Å²) in [6.45, 7) is 12.7. The van der Waals surface area contributed by atoms with Gasteiger partial charge < -0.3 is 10.2 Å². The van der Waals surface area contributed by atoms with Gasteiger partial charge in [0, 0.05) is 6.54 Å². The summed E-state index contributed by atoms with van der Waals surface area (Å²) in [5.74, 6) is 0.140. The molecule has 1 unspecified atom stereocenters. The lowest BCUT2D eigenvalue weighted by molar-refractivity contribution is -0.119. The third kappa shape index (κ3) is 2.50. The highest BCUT2D eigenvalue weighted by Gasteiger charge is 2.31. The number of fused-ring (bicyclic) bond motifs is 1. The number of nitrogens with zero attached hydrogens (tertiary/aromatic N) is 1. The van der Waals surface area contributed by atoms with E-state index in [1.165, 1.54) is 11.1 Å². The van der Waals surface area contributed by atoms with Gasteiger partial charge in [-0.05, 0) is 50.5 Å². The van der Waals surface area contributed by atoms with Crippen LogP contribution in [0, 0.1) is 13.8 Å². The molecular formula is C16H22N2O. The Bertz CT molecular complexity index is 534. The van der Waals surface area contributed by atoms with Crippen LogP contribution in [0.5, 0.6) is 0 Å². The number of nitrogens with one attached hydrogen (secondary N) is 1. The zero-order valence-corrected chi connectivity index (χ0v) is 12.2. The molecule has 0 spiro atoms. The first kappa shape index (κ1) is 13.7. The number of carbonyl (C=O) groups is 1. The van der Waals surface area contributed by atoms with Crippen LogP contribution >= 0.6 is 0 Å². The van der Waals surface area contributed by atoms with Crippen molar-refractivity contribution >= 4 is 17.3 Å². The molecule has 1 N–H and O–H groups in total. The summed E-state index contributed by atoms with van der Waals surface area (Å²) >= 11 is 0. The number of amides is 1. The molecule has 0 fully saturated rings. The van der Waals surface area contributed by atoms with Crippen LogP contribution in [-0.2, 0) is 4.79 Å². The molecule has 2 rings (SSSR count). The van der Waals surface area contributed by atoms with Gasteiger partial charge in [-0.1, -0.05) is 19.1 Å². The van der Waals surface area contributed by atoms with Crippen LogP contribution < -0.4 is 10.2 Å². The standard InChI is InChI=1S/C16H22N2O/c1-6-13-16(19)18(9-10(2)3)15-8-12(5)11(4)7-14(15)17-13/h7-8,13,17H,2,6,9H2,1,3-5H3. The first-order valence-corrected chi connectivity index (χ1v) is 6.77. The van der Waals surface area contributed by atoms with E-state index in [4.69, 9.17) is 0 Å². The quantitative estimate of drug-likeness (QED) is 0.843. The number of rotatable bonds is 3. The molecule has 0 aromatic heterocycles. The average Bonchev–Trinajstić information content (AvgIpc) is 2.34. The molecule has 3 nitrogen and oxygen atoms in total. The van der Waals surface area contributed by atoms with Gasteiger partial charge in [-0.15, -0.1) is 0 Å². The van der Waals surface area contributed by atoms with Crippen LogP contribution in [0.25, 0.3) is 0 Å². The maximum Gasteiger partial charge on any atom is 0.249 e. The molecule has 1 aromatic carbocycles. The van der Waals surface area contributed by atoms with Crippen molar-refractivity contribution in [2.45, 2.75) is 40.2 Å². The maximum atomic E-state index is 12.5. The van der Waals surface area contributed by atoms with Crippen molar-refractivity contribution in [2.75, 3.05) is 16.8 Å². The van der Waals surface area contributed by atoms with Crippen molar-refractivity contribution in [1.82, 2.24) is 0 Å². The van der Waals surface area contributed by atoms with Gasteiger partial charge in [0.2, 0.25) is 5.91 Å². The lowest BCUT2D eigenvalue weighted by Crippen LogP contribution is -2.47. The van der Waals surface area contributed by atoms with Crippen LogP contribution in [0.1, 0.15) is 31.4 Å². The van der Waals surface area contributed by atoms with Crippen LogP contribution in [-0.4, -0.2) is 18.5 Å². The van der Waals surface area contributed by atoms with Crippen molar-refractivity contribution in [3.8, 4) is 0 Å². The number of hydrogen-bond acceptors (Lipinski definition) is 2. The van der Waals surface area contributed by atoms with Gasteiger partial charge in [0.1, 0.15) is 6.04 Å². The number of anilines is 2. The minimum Gasteiger partial charge on any atom is -0.372 e. The monoisotopic (exact) mass is 258 g/mol. The third-order valence-electron chi connectivity index (χ3n) is 3.63. The summed E-state index contributed by atoms with van der Waals surface area (Å²) < 4.78 is 0. The van der Waals surface area contributed by atoms with Crippen LogP contribution in [0.4, 0.5) is 11.4 Å². The van der Waals surface area contributed by atoms with Gasteiger partial charge in [-0.25, -0.2) is 0 Å². The molecule has 102 valence electrons. The van der Waals surface area contributed by atoms with Crippen molar-refractivity contribution in [3.63, 3.8) is 0 Å². The number of aryl methyl sites for hydroxylation is 2. The molecule has 1 atom stereocenters. The fourth-order valence-electron chi connectivity index (χ4n) is 2.41. The highest BCUT2D eigenvalue weighted by molar-refractivity contribution is 6.05. The SMILES string of the molecule is C=C(C)CN1C(=O)C(CC)Nc2cc(C)c(C)cc21. The highest BCUT2D eigenvalue weighted by atomic mass is 16.2. The summed E-state index contributed by atoms with van der Waals surface area (Å²) in [6.07, 6.45) is 0.790. The molecule has 3 heteroatoms. The van der Waals surface area contributed by atoms with Crippen LogP contribution in [0.2, 0.25) is 0 Å². The van der Waals surface area contributed by atoms with E-state index in [0.717, 1.165) is 23.4 Å². The molecule has 1 aliphatic heterocycles. The molecule has 0 saturated carbocycles. The molecule has 1 aliphatic rings. The summed E-state index contributed by atoms with van der Waals surface area (Å²) in [5.41, 5.74) is 5.46. The Labute approximate surface area is 115 Å². The minimum atomic E-state index is -0.131. The molecule has 0 bridgehead atoms. The van der Waals surface area contributed by atoms with E-state index in [1.807, 2.05) is 18.7 Å². The number of hydrogen-bond donors (Lipinski definition) is 1. The van der Waals surface area contributed by atoms with Gasteiger partial charge >= 0.3 is 0 Å². The van der Waals surface area contributed by atoms with Gasteiger partial charge in [-0.2, -0.15) is 0 Å². The van der Waals surface area contributed by atoms with E-state index in [-0.39, 0.29) is 11.9 Å². The van der Waals surface area contributed by atoms with E-state index in [1.54, 1.807) is 0 Å². The number of carbonyl (C=O) groups excluding carboxylic acids is 1. The summed E-state index contributed by atoms with van der Waals surface area (Å²) in [4.78, 5) is 14.3. The molecular weight excluding hydrogens is 236 g/mol. The van der Waals surface area contributed by atoms with Crippen molar-refractivity contribution in [1.29, 1.82) is 0 Å². The topological polar surface area (TPSA) is 32.3 Å². The van der Waals surface area contributed by atoms with Crippen molar-refractivity contribution in [3.05, 3.63) is 35.4 Å². The fourth-order valence-corrected chi connectivity index (χ4v) is 2.41. The van der Waals surface area contributed by atoms with E-state index < -0.39 is 0 Å². The Balaban J connectivity index is 2.50. The van der Waals surface area contributed by atoms with E-state index in [9.17, 15) is 4.79 Å². The largest absolute Gasteiger partial charge is 0.372 e. The zero-order valence-electron chi connectivity index (χ0n) is 12.2. The first-order chi connectivity index (χ1) is 8.93. The summed E-state index contributed by atoms with van der Waals surface area (Å²) in [6, 6.07) is 4.09. The smallest absolute Gasteiger partial charge is 0.249 e. The van der Waals surface area contributed by atoms with Gasteiger partial charge in [-0.3, -0.25) is 4.79 Å². The molecule has 1 amide bonds. The van der Waals surface area contributed by atoms with Crippen molar-refractivity contribution < 1.29 is 4.79 Å². The molecule has 0 saturated heterocycles. The molecule has 0 aliphatic carbocycles. The highest BCUT2D eigenvalue weighted by Crippen LogP contribution is 2.35. The second kappa shape index (κ2) is 5.08. The second-order valence-corrected chi connectivity index (χ2v) is 5.44. The molecule has 0 radical (unpaired) electrons. The maximum absolute atomic E-state index is 12.5.